The smallest absolute Gasteiger partial charge is 0.312 e. The van der Waals surface area contributed by atoms with Crippen molar-refractivity contribution in [1.82, 2.24) is 0 Å². The van der Waals surface area contributed by atoms with E-state index in [9.17, 15) is 4.79 Å². The third kappa shape index (κ3) is 2.24. The quantitative estimate of drug-likeness (QED) is 0.447. The Hall–Kier alpha value is -1.01. The Morgan fingerprint density at radius 2 is 2.58 bits per heavy atom. The minimum absolute atomic E-state index is 0.0592. The fourth-order valence-electron chi connectivity index (χ4n) is 1.21. The van der Waals surface area contributed by atoms with Crippen LogP contribution in [0.4, 0.5) is 0 Å². The number of esters is 1. The van der Waals surface area contributed by atoms with Gasteiger partial charge in [-0.15, -0.1) is 6.42 Å². The van der Waals surface area contributed by atoms with Gasteiger partial charge in [0.1, 0.15) is 0 Å². The first-order valence-electron chi connectivity index (χ1n) is 3.95. The van der Waals surface area contributed by atoms with Crippen LogP contribution in [0.25, 0.3) is 0 Å². The summed E-state index contributed by atoms with van der Waals surface area (Å²) in [4.78, 5) is 11.2. The van der Waals surface area contributed by atoms with E-state index in [4.69, 9.17) is 15.9 Å². The van der Waals surface area contributed by atoms with E-state index in [2.05, 4.69) is 5.92 Å². The first-order valence-corrected chi connectivity index (χ1v) is 3.95. The van der Waals surface area contributed by atoms with Crippen molar-refractivity contribution in [2.24, 2.45) is 5.92 Å². The molecule has 0 N–H and O–H groups in total. The number of carbonyl (C=O) groups excluding carboxylic acids is 1. The summed E-state index contributed by atoms with van der Waals surface area (Å²) >= 11 is 0. The van der Waals surface area contributed by atoms with E-state index in [1.165, 1.54) is 0 Å². The lowest BCUT2D eigenvalue weighted by Gasteiger charge is -2.04. The molecule has 1 fully saturated rings. The van der Waals surface area contributed by atoms with Crippen LogP contribution in [0.15, 0.2) is 0 Å². The molecule has 0 radical (unpaired) electrons. The molecule has 0 aromatic carbocycles. The molecule has 0 amide bonds. The second kappa shape index (κ2) is 4.13. The Morgan fingerprint density at radius 1 is 1.83 bits per heavy atom. The average Bonchev–Trinajstić information content (AvgIpc) is 2.47. The standard InChI is InChI=1S/C9H12O3/c1-3-4-11-9(10)8-5-7(2)12-6-8/h1,7-8H,4-6H2,2H3. The van der Waals surface area contributed by atoms with E-state index >= 15 is 0 Å². The molecule has 1 rings (SSSR count). The first-order chi connectivity index (χ1) is 5.74. The third-order valence-corrected chi connectivity index (χ3v) is 1.83. The van der Waals surface area contributed by atoms with Gasteiger partial charge >= 0.3 is 5.97 Å². The van der Waals surface area contributed by atoms with Crippen molar-refractivity contribution in [2.75, 3.05) is 13.2 Å². The van der Waals surface area contributed by atoms with Crippen LogP contribution in [-0.2, 0) is 14.3 Å². The Bertz CT molecular complexity index is 204. The van der Waals surface area contributed by atoms with E-state index < -0.39 is 0 Å². The van der Waals surface area contributed by atoms with Crippen LogP contribution in [0.5, 0.6) is 0 Å². The molecule has 0 bridgehead atoms. The van der Waals surface area contributed by atoms with E-state index in [0.29, 0.717) is 6.61 Å². The highest BCUT2D eigenvalue weighted by Crippen LogP contribution is 2.19. The Labute approximate surface area is 72.0 Å². The minimum Gasteiger partial charge on any atom is -0.452 e. The van der Waals surface area contributed by atoms with E-state index in [0.717, 1.165) is 6.42 Å². The predicted molar refractivity (Wildman–Crippen MR) is 43.3 cm³/mol. The van der Waals surface area contributed by atoms with E-state index in [1.807, 2.05) is 6.92 Å². The van der Waals surface area contributed by atoms with Gasteiger partial charge in [0.2, 0.25) is 0 Å². The molecule has 0 saturated carbocycles. The van der Waals surface area contributed by atoms with Crippen LogP contribution in [0.2, 0.25) is 0 Å². The molecule has 0 aliphatic carbocycles. The van der Waals surface area contributed by atoms with Gasteiger partial charge in [0, 0.05) is 0 Å². The number of hydrogen-bond acceptors (Lipinski definition) is 3. The van der Waals surface area contributed by atoms with Crippen LogP contribution in [0.1, 0.15) is 13.3 Å². The Morgan fingerprint density at radius 3 is 3.08 bits per heavy atom. The van der Waals surface area contributed by atoms with Gasteiger partial charge in [-0.1, -0.05) is 5.92 Å². The maximum absolute atomic E-state index is 11.2. The number of rotatable bonds is 2. The zero-order valence-electron chi connectivity index (χ0n) is 7.08. The largest absolute Gasteiger partial charge is 0.452 e. The van der Waals surface area contributed by atoms with Gasteiger partial charge in [0.25, 0.3) is 0 Å². The summed E-state index contributed by atoms with van der Waals surface area (Å²) in [5, 5.41) is 0. The number of ether oxygens (including phenoxy) is 2. The molecule has 0 aromatic rings. The summed E-state index contributed by atoms with van der Waals surface area (Å²) in [6, 6.07) is 0. The predicted octanol–water partition coefficient (Wildman–Crippen LogP) is 0.588. The number of terminal acetylenes is 1. The molecule has 1 heterocycles. The Balaban J connectivity index is 2.29. The molecule has 2 unspecified atom stereocenters. The second-order valence-corrected chi connectivity index (χ2v) is 2.89. The van der Waals surface area contributed by atoms with E-state index in [1.54, 1.807) is 0 Å². The summed E-state index contributed by atoms with van der Waals surface area (Å²) in [5.74, 6) is 1.89. The van der Waals surface area contributed by atoms with Crippen molar-refractivity contribution in [3.05, 3.63) is 0 Å². The monoisotopic (exact) mass is 168 g/mol. The van der Waals surface area contributed by atoms with Gasteiger partial charge in [-0.05, 0) is 13.3 Å². The summed E-state index contributed by atoms with van der Waals surface area (Å²) in [5.41, 5.74) is 0. The molecular formula is C9H12O3. The molecule has 1 aliphatic rings. The lowest BCUT2D eigenvalue weighted by atomic mass is 10.1. The molecule has 1 aliphatic heterocycles. The summed E-state index contributed by atoms with van der Waals surface area (Å²) < 4.78 is 9.98. The fourth-order valence-corrected chi connectivity index (χ4v) is 1.21. The van der Waals surface area contributed by atoms with Gasteiger partial charge in [0.15, 0.2) is 6.61 Å². The number of hydrogen-bond donors (Lipinski definition) is 0. The lowest BCUT2D eigenvalue weighted by Crippen LogP contribution is -2.17. The topological polar surface area (TPSA) is 35.5 Å². The second-order valence-electron chi connectivity index (χ2n) is 2.89. The van der Waals surface area contributed by atoms with Crippen molar-refractivity contribution >= 4 is 5.97 Å². The Kier molecular flexibility index (Phi) is 3.12. The maximum Gasteiger partial charge on any atom is 0.312 e. The van der Waals surface area contributed by atoms with Gasteiger partial charge < -0.3 is 9.47 Å². The van der Waals surface area contributed by atoms with Crippen molar-refractivity contribution in [1.29, 1.82) is 0 Å². The zero-order chi connectivity index (χ0) is 8.97. The lowest BCUT2D eigenvalue weighted by molar-refractivity contribution is -0.146. The van der Waals surface area contributed by atoms with Crippen LogP contribution >= 0.6 is 0 Å². The van der Waals surface area contributed by atoms with Crippen molar-refractivity contribution in [2.45, 2.75) is 19.4 Å². The molecule has 0 aromatic heterocycles. The van der Waals surface area contributed by atoms with Gasteiger partial charge in [-0.3, -0.25) is 4.79 Å². The van der Waals surface area contributed by atoms with Crippen LogP contribution in [0, 0.1) is 18.3 Å². The highest BCUT2D eigenvalue weighted by Gasteiger charge is 2.29. The van der Waals surface area contributed by atoms with Gasteiger partial charge in [0.05, 0.1) is 18.6 Å². The fraction of sp³-hybridized carbons (Fsp3) is 0.667. The van der Waals surface area contributed by atoms with Crippen LogP contribution in [0.3, 0.4) is 0 Å². The van der Waals surface area contributed by atoms with Crippen molar-refractivity contribution in [3.8, 4) is 12.3 Å². The highest BCUT2D eigenvalue weighted by molar-refractivity contribution is 5.73. The molecule has 12 heavy (non-hydrogen) atoms. The first kappa shape index (κ1) is 9.08. The highest BCUT2D eigenvalue weighted by atomic mass is 16.5. The summed E-state index contributed by atoms with van der Waals surface area (Å²) in [6.45, 7) is 2.46. The number of carbonyl (C=O) groups is 1. The van der Waals surface area contributed by atoms with Crippen molar-refractivity contribution in [3.63, 3.8) is 0 Å². The third-order valence-electron chi connectivity index (χ3n) is 1.83. The molecular weight excluding hydrogens is 156 g/mol. The maximum atomic E-state index is 11.2. The molecule has 66 valence electrons. The normalized spacial score (nSPS) is 28.0. The van der Waals surface area contributed by atoms with Crippen LogP contribution in [-0.4, -0.2) is 25.3 Å². The molecule has 2 atom stereocenters. The molecule has 1 saturated heterocycles. The molecule has 3 heteroatoms. The van der Waals surface area contributed by atoms with Crippen LogP contribution < -0.4 is 0 Å². The summed E-state index contributed by atoms with van der Waals surface area (Å²) in [6.07, 6.45) is 5.84. The molecule has 0 spiro atoms. The van der Waals surface area contributed by atoms with E-state index in [-0.39, 0.29) is 24.6 Å². The summed E-state index contributed by atoms with van der Waals surface area (Å²) in [7, 11) is 0. The SMILES string of the molecule is C#CCOC(=O)C1COC(C)C1. The average molecular weight is 168 g/mol. The van der Waals surface area contributed by atoms with Gasteiger partial charge in [-0.25, -0.2) is 0 Å². The molecule has 3 nitrogen and oxygen atoms in total. The van der Waals surface area contributed by atoms with Crippen molar-refractivity contribution < 1.29 is 14.3 Å². The zero-order valence-corrected chi connectivity index (χ0v) is 7.08. The van der Waals surface area contributed by atoms with Gasteiger partial charge in [-0.2, -0.15) is 0 Å². The minimum atomic E-state index is -0.239.